The number of benzene rings is 1. The first-order chi connectivity index (χ1) is 10.4. The molecule has 0 aliphatic carbocycles. The minimum Gasteiger partial charge on any atom is -0.508 e. The second-order valence-corrected chi connectivity index (χ2v) is 7.63. The van der Waals surface area contributed by atoms with E-state index in [0.29, 0.717) is 0 Å². The maximum atomic E-state index is 10.0. The SMILES string of the molecule is CC1(C)C[C@@H](O)CCN(c2nnc(-c3ccc(O)cc3)s2)C1. The van der Waals surface area contributed by atoms with Crippen LogP contribution in [0.1, 0.15) is 26.7 Å². The van der Waals surface area contributed by atoms with Gasteiger partial charge < -0.3 is 15.1 Å². The first kappa shape index (κ1) is 15.2. The predicted octanol–water partition coefficient (Wildman–Crippen LogP) is 2.90. The maximum Gasteiger partial charge on any atom is 0.208 e. The number of phenolic OH excluding ortho intramolecular Hbond substituents is 1. The molecule has 118 valence electrons. The number of nitrogens with zero attached hydrogens (tertiary/aromatic N) is 3. The van der Waals surface area contributed by atoms with Gasteiger partial charge in [-0.3, -0.25) is 0 Å². The zero-order valence-electron chi connectivity index (χ0n) is 12.9. The second-order valence-electron chi connectivity index (χ2n) is 6.67. The highest BCUT2D eigenvalue weighted by molar-refractivity contribution is 7.18. The first-order valence-corrected chi connectivity index (χ1v) is 8.30. The lowest BCUT2D eigenvalue weighted by molar-refractivity contribution is 0.123. The summed E-state index contributed by atoms with van der Waals surface area (Å²) in [6, 6.07) is 7.00. The van der Waals surface area contributed by atoms with Crippen molar-refractivity contribution >= 4 is 16.5 Å². The van der Waals surface area contributed by atoms with Gasteiger partial charge in [0.2, 0.25) is 5.13 Å². The molecule has 1 fully saturated rings. The molecule has 0 radical (unpaired) electrons. The molecule has 2 aromatic rings. The monoisotopic (exact) mass is 319 g/mol. The van der Waals surface area contributed by atoms with E-state index in [-0.39, 0.29) is 17.3 Å². The fourth-order valence-electron chi connectivity index (χ4n) is 2.93. The van der Waals surface area contributed by atoms with E-state index in [1.165, 1.54) is 0 Å². The summed E-state index contributed by atoms with van der Waals surface area (Å²) in [5, 5.41) is 29.7. The van der Waals surface area contributed by atoms with Crippen LogP contribution in [0.2, 0.25) is 0 Å². The summed E-state index contributed by atoms with van der Waals surface area (Å²) in [4.78, 5) is 2.22. The summed E-state index contributed by atoms with van der Waals surface area (Å²) in [7, 11) is 0. The van der Waals surface area contributed by atoms with Gasteiger partial charge in [0.25, 0.3) is 0 Å². The number of rotatable bonds is 2. The fraction of sp³-hybridized carbons (Fsp3) is 0.500. The van der Waals surface area contributed by atoms with E-state index in [1.54, 1.807) is 23.5 Å². The van der Waals surface area contributed by atoms with Crippen LogP contribution in [0, 0.1) is 5.41 Å². The van der Waals surface area contributed by atoms with Crippen molar-refractivity contribution in [3.05, 3.63) is 24.3 Å². The molecule has 2 heterocycles. The molecule has 1 atom stereocenters. The number of aromatic hydroxyl groups is 1. The minimum atomic E-state index is -0.246. The smallest absolute Gasteiger partial charge is 0.208 e. The normalized spacial score (nSPS) is 21.6. The van der Waals surface area contributed by atoms with Gasteiger partial charge >= 0.3 is 0 Å². The maximum absolute atomic E-state index is 10.0. The molecule has 1 aliphatic rings. The Kier molecular flexibility index (Phi) is 4.06. The van der Waals surface area contributed by atoms with Gasteiger partial charge in [-0.05, 0) is 42.5 Å². The lowest BCUT2D eigenvalue weighted by atomic mass is 9.87. The van der Waals surface area contributed by atoms with Crippen molar-refractivity contribution in [2.75, 3.05) is 18.0 Å². The van der Waals surface area contributed by atoms with Crippen molar-refractivity contribution < 1.29 is 10.2 Å². The van der Waals surface area contributed by atoms with Gasteiger partial charge in [0.05, 0.1) is 6.10 Å². The first-order valence-electron chi connectivity index (χ1n) is 7.49. The minimum absolute atomic E-state index is 0.0558. The molecule has 3 rings (SSSR count). The number of hydrogen-bond acceptors (Lipinski definition) is 6. The molecular weight excluding hydrogens is 298 g/mol. The van der Waals surface area contributed by atoms with E-state index in [1.807, 2.05) is 12.1 Å². The molecule has 22 heavy (non-hydrogen) atoms. The third-order valence-electron chi connectivity index (χ3n) is 3.94. The topological polar surface area (TPSA) is 69.5 Å². The standard InChI is InChI=1S/C16H21N3O2S/c1-16(2)9-13(21)7-8-19(10-16)15-18-17-14(22-15)11-3-5-12(20)6-4-11/h3-6,13,20-21H,7-10H2,1-2H3/t13-/m0/s1. The van der Waals surface area contributed by atoms with Gasteiger partial charge in [-0.2, -0.15) is 0 Å². The quantitative estimate of drug-likeness (QED) is 0.891. The van der Waals surface area contributed by atoms with E-state index >= 15 is 0 Å². The Morgan fingerprint density at radius 2 is 1.95 bits per heavy atom. The number of aliphatic hydroxyl groups excluding tert-OH is 1. The van der Waals surface area contributed by atoms with Crippen molar-refractivity contribution in [3.63, 3.8) is 0 Å². The Labute approximate surface area is 134 Å². The Hall–Kier alpha value is -1.66. The Morgan fingerprint density at radius 1 is 1.23 bits per heavy atom. The van der Waals surface area contributed by atoms with E-state index in [0.717, 1.165) is 41.6 Å². The van der Waals surface area contributed by atoms with Crippen molar-refractivity contribution in [3.8, 4) is 16.3 Å². The van der Waals surface area contributed by atoms with Crippen molar-refractivity contribution in [2.45, 2.75) is 32.8 Å². The van der Waals surface area contributed by atoms with Gasteiger partial charge in [-0.1, -0.05) is 25.2 Å². The van der Waals surface area contributed by atoms with Crippen LogP contribution in [0.5, 0.6) is 5.75 Å². The van der Waals surface area contributed by atoms with Crippen LogP contribution >= 0.6 is 11.3 Å². The lowest BCUT2D eigenvalue weighted by Crippen LogP contribution is -2.32. The highest BCUT2D eigenvalue weighted by Crippen LogP contribution is 2.34. The van der Waals surface area contributed by atoms with Gasteiger partial charge in [-0.15, -0.1) is 10.2 Å². The number of phenols is 1. The second kappa shape index (κ2) is 5.85. The molecule has 0 saturated carbocycles. The summed E-state index contributed by atoms with van der Waals surface area (Å²) in [6.07, 6.45) is 1.33. The largest absolute Gasteiger partial charge is 0.508 e. The summed E-state index contributed by atoms with van der Waals surface area (Å²) < 4.78 is 0. The zero-order chi connectivity index (χ0) is 15.7. The average molecular weight is 319 g/mol. The molecule has 0 spiro atoms. The van der Waals surface area contributed by atoms with Crippen LogP contribution in [-0.2, 0) is 0 Å². The summed E-state index contributed by atoms with van der Waals surface area (Å²) in [5.41, 5.74) is 1.01. The Morgan fingerprint density at radius 3 is 2.68 bits per heavy atom. The Bertz CT molecular complexity index is 639. The van der Waals surface area contributed by atoms with Gasteiger partial charge in [0.1, 0.15) is 10.8 Å². The summed E-state index contributed by atoms with van der Waals surface area (Å²) in [5.74, 6) is 0.247. The third-order valence-corrected chi connectivity index (χ3v) is 4.97. The molecule has 1 aromatic heterocycles. The molecule has 1 aliphatic heterocycles. The molecule has 6 heteroatoms. The van der Waals surface area contributed by atoms with E-state index in [4.69, 9.17) is 0 Å². The molecule has 0 bridgehead atoms. The molecular formula is C16H21N3O2S. The van der Waals surface area contributed by atoms with Crippen LogP contribution in [0.25, 0.3) is 10.6 Å². The lowest BCUT2D eigenvalue weighted by Gasteiger charge is -2.29. The zero-order valence-corrected chi connectivity index (χ0v) is 13.7. The van der Waals surface area contributed by atoms with Gasteiger partial charge in [0, 0.05) is 18.7 Å². The van der Waals surface area contributed by atoms with E-state index in [9.17, 15) is 10.2 Å². The predicted molar refractivity (Wildman–Crippen MR) is 88.2 cm³/mol. The molecule has 1 saturated heterocycles. The highest BCUT2D eigenvalue weighted by Gasteiger charge is 2.30. The highest BCUT2D eigenvalue weighted by atomic mass is 32.1. The average Bonchev–Trinajstić information content (AvgIpc) is 2.88. The molecule has 5 nitrogen and oxygen atoms in total. The van der Waals surface area contributed by atoms with Crippen molar-refractivity contribution in [1.29, 1.82) is 0 Å². The number of hydrogen-bond donors (Lipinski definition) is 2. The van der Waals surface area contributed by atoms with Crippen molar-refractivity contribution in [1.82, 2.24) is 10.2 Å². The number of anilines is 1. The molecule has 2 N–H and O–H groups in total. The number of aromatic nitrogens is 2. The summed E-state index contributed by atoms with van der Waals surface area (Å²) in [6.45, 7) is 6.02. The van der Waals surface area contributed by atoms with Crippen LogP contribution in [0.4, 0.5) is 5.13 Å². The molecule has 1 aromatic carbocycles. The van der Waals surface area contributed by atoms with Gasteiger partial charge in [-0.25, -0.2) is 0 Å². The molecule has 0 unspecified atom stereocenters. The van der Waals surface area contributed by atoms with Crippen LogP contribution in [0.15, 0.2) is 24.3 Å². The van der Waals surface area contributed by atoms with Gasteiger partial charge in [0.15, 0.2) is 0 Å². The van der Waals surface area contributed by atoms with E-state index in [2.05, 4.69) is 28.9 Å². The van der Waals surface area contributed by atoms with Crippen LogP contribution in [0.3, 0.4) is 0 Å². The summed E-state index contributed by atoms with van der Waals surface area (Å²) >= 11 is 1.55. The third kappa shape index (κ3) is 3.39. The van der Waals surface area contributed by atoms with E-state index < -0.39 is 0 Å². The fourth-order valence-corrected chi connectivity index (χ4v) is 3.81. The van der Waals surface area contributed by atoms with Crippen molar-refractivity contribution in [2.24, 2.45) is 5.41 Å². The molecule has 0 amide bonds. The van der Waals surface area contributed by atoms with Crippen LogP contribution in [-0.4, -0.2) is 39.6 Å². The Balaban J connectivity index is 1.82. The van der Waals surface area contributed by atoms with Crippen LogP contribution < -0.4 is 4.90 Å². The number of aliphatic hydroxyl groups is 1.